The van der Waals surface area contributed by atoms with Gasteiger partial charge in [0.2, 0.25) is 0 Å². The Kier molecular flexibility index (Phi) is 5.21. The summed E-state index contributed by atoms with van der Waals surface area (Å²) in [6, 6.07) is 10.6. The number of nitrogens with zero attached hydrogens (tertiary/aromatic N) is 1. The second-order valence-electron chi connectivity index (χ2n) is 6.14. The molecule has 0 aromatic heterocycles. The van der Waals surface area contributed by atoms with Crippen LogP contribution in [0.4, 0.5) is 20.2 Å². The number of nitro benzene ring substituents is 1. The van der Waals surface area contributed by atoms with Crippen molar-refractivity contribution in [1.29, 1.82) is 0 Å². The Morgan fingerprint density at radius 1 is 1.00 bits per heavy atom. The first-order chi connectivity index (χ1) is 13.6. The molecule has 0 aliphatic carbocycles. The summed E-state index contributed by atoms with van der Waals surface area (Å²) in [5.74, 6) is -2.26. The summed E-state index contributed by atoms with van der Waals surface area (Å²) in [4.78, 5) is 10.6. The molecule has 2 N–H and O–H groups in total. The molecule has 0 heterocycles. The van der Waals surface area contributed by atoms with Crippen LogP contribution in [0.1, 0.15) is 0 Å². The van der Waals surface area contributed by atoms with Crippen LogP contribution in [0.25, 0.3) is 11.1 Å². The number of nitro groups is 1. The molecule has 0 aliphatic rings. The topological polar surface area (TPSA) is 113 Å². The first-order valence-corrected chi connectivity index (χ1v) is 9.96. The molecule has 0 fully saturated rings. The minimum atomic E-state index is -3.43. The fourth-order valence-corrected chi connectivity index (χ4v) is 3.24. The molecule has 3 aromatic rings. The molecule has 0 saturated heterocycles. The molecule has 0 aliphatic heterocycles. The molecule has 0 spiro atoms. The Labute approximate surface area is 164 Å². The number of hydrogen-bond donors (Lipinski definition) is 1. The van der Waals surface area contributed by atoms with Crippen molar-refractivity contribution in [3.05, 3.63) is 76.3 Å². The van der Waals surface area contributed by atoms with E-state index in [1.165, 1.54) is 30.3 Å². The molecular formula is C19H14F2N2O5S. The van der Waals surface area contributed by atoms with Crippen LogP contribution in [0.5, 0.6) is 11.5 Å². The van der Waals surface area contributed by atoms with Gasteiger partial charge in [-0.3, -0.25) is 10.1 Å². The third-order valence-electron chi connectivity index (χ3n) is 4.03. The molecule has 3 aromatic carbocycles. The van der Waals surface area contributed by atoms with E-state index in [0.717, 1.165) is 24.5 Å². The zero-order valence-corrected chi connectivity index (χ0v) is 15.7. The summed E-state index contributed by atoms with van der Waals surface area (Å²) < 4.78 is 55.9. The van der Waals surface area contributed by atoms with E-state index in [1.807, 2.05) is 0 Å². The van der Waals surface area contributed by atoms with Crippen molar-refractivity contribution < 1.29 is 26.9 Å². The number of rotatable bonds is 5. The number of ether oxygens (including phenoxy) is 1. The van der Waals surface area contributed by atoms with Gasteiger partial charge in [0, 0.05) is 17.9 Å². The number of halogens is 2. The number of sulfone groups is 1. The van der Waals surface area contributed by atoms with Crippen LogP contribution in [0.15, 0.2) is 59.5 Å². The van der Waals surface area contributed by atoms with Gasteiger partial charge in [-0.25, -0.2) is 17.2 Å². The molecule has 7 nitrogen and oxygen atoms in total. The predicted octanol–water partition coefficient (Wildman–Crippen LogP) is 4.32. The highest BCUT2D eigenvalue weighted by molar-refractivity contribution is 7.90. The lowest BCUT2D eigenvalue weighted by Crippen LogP contribution is -2.00. The molecule has 0 radical (unpaired) electrons. The van der Waals surface area contributed by atoms with Gasteiger partial charge in [-0.05, 0) is 35.9 Å². The van der Waals surface area contributed by atoms with Gasteiger partial charge in [-0.15, -0.1) is 0 Å². The number of nitrogens with two attached hydrogens (primary N) is 1. The Morgan fingerprint density at radius 3 is 2.21 bits per heavy atom. The van der Waals surface area contributed by atoms with Crippen molar-refractivity contribution >= 4 is 21.2 Å². The van der Waals surface area contributed by atoms with Crippen molar-refractivity contribution in [1.82, 2.24) is 0 Å². The molecule has 150 valence electrons. The quantitative estimate of drug-likeness (QED) is 0.374. The largest absolute Gasteiger partial charge is 0.453 e. The molecule has 10 heteroatoms. The highest BCUT2D eigenvalue weighted by Gasteiger charge is 2.20. The highest BCUT2D eigenvalue weighted by atomic mass is 32.2. The maximum absolute atomic E-state index is 14.0. The van der Waals surface area contributed by atoms with Crippen molar-refractivity contribution in [2.75, 3.05) is 12.0 Å². The lowest BCUT2D eigenvalue weighted by atomic mass is 10.0. The molecule has 0 saturated carbocycles. The van der Waals surface area contributed by atoms with E-state index in [4.69, 9.17) is 10.5 Å². The van der Waals surface area contributed by atoms with Crippen molar-refractivity contribution in [2.24, 2.45) is 0 Å². The van der Waals surface area contributed by atoms with Gasteiger partial charge in [-0.1, -0.05) is 12.1 Å². The highest BCUT2D eigenvalue weighted by Crippen LogP contribution is 2.40. The summed E-state index contributed by atoms with van der Waals surface area (Å²) in [5, 5.41) is 11.2. The van der Waals surface area contributed by atoms with Gasteiger partial charge >= 0.3 is 0 Å². The average molecular weight is 420 g/mol. The Morgan fingerprint density at radius 2 is 1.66 bits per heavy atom. The van der Waals surface area contributed by atoms with E-state index in [0.29, 0.717) is 11.6 Å². The van der Waals surface area contributed by atoms with Crippen LogP contribution < -0.4 is 10.5 Å². The van der Waals surface area contributed by atoms with Crippen LogP contribution in [0.3, 0.4) is 0 Å². The molecule has 0 amide bonds. The van der Waals surface area contributed by atoms with Crippen LogP contribution >= 0.6 is 0 Å². The maximum atomic E-state index is 14.0. The normalized spacial score (nSPS) is 11.3. The maximum Gasteiger partial charge on any atom is 0.295 e. The van der Waals surface area contributed by atoms with Gasteiger partial charge in [0.05, 0.1) is 15.9 Å². The third kappa shape index (κ3) is 4.32. The summed E-state index contributed by atoms with van der Waals surface area (Å²) >= 11 is 0. The number of nitrogen functional groups attached to an aromatic ring is 1. The van der Waals surface area contributed by atoms with E-state index in [-0.39, 0.29) is 27.6 Å². The molecule has 0 unspecified atom stereocenters. The Balaban J connectivity index is 2.15. The van der Waals surface area contributed by atoms with Crippen molar-refractivity contribution in [3.8, 4) is 22.6 Å². The van der Waals surface area contributed by atoms with Gasteiger partial charge < -0.3 is 10.5 Å². The minimum absolute atomic E-state index is 0.0724. The number of benzene rings is 3. The minimum Gasteiger partial charge on any atom is -0.453 e. The number of anilines is 1. The zero-order chi connectivity index (χ0) is 21.3. The van der Waals surface area contributed by atoms with Crippen molar-refractivity contribution in [3.63, 3.8) is 0 Å². The third-order valence-corrected chi connectivity index (χ3v) is 5.16. The van der Waals surface area contributed by atoms with E-state index in [2.05, 4.69) is 0 Å². The van der Waals surface area contributed by atoms with E-state index < -0.39 is 32.1 Å². The monoisotopic (exact) mass is 420 g/mol. The van der Waals surface area contributed by atoms with Gasteiger partial charge in [-0.2, -0.15) is 0 Å². The zero-order valence-electron chi connectivity index (χ0n) is 14.9. The molecule has 0 bridgehead atoms. The second-order valence-corrected chi connectivity index (χ2v) is 8.15. The summed E-state index contributed by atoms with van der Waals surface area (Å²) in [6.07, 6.45) is 1.05. The van der Waals surface area contributed by atoms with Gasteiger partial charge in [0.25, 0.3) is 5.69 Å². The summed E-state index contributed by atoms with van der Waals surface area (Å²) in [7, 11) is -3.43. The molecular weight excluding hydrogens is 406 g/mol. The molecule has 3 rings (SSSR count). The first-order valence-electron chi connectivity index (χ1n) is 8.07. The first kappa shape index (κ1) is 20.2. The van der Waals surface area contributed by atoms with E-state index >= 15 is 0 Å². The Bertz CT molecular complexity index is 1210. The molecule has 29 heavy (non-hydrogen) atoms. The van der Waals surface area contributed by atoms with Gasteiger partial charge in [0.1, 0.15) is 17.3 Å². The predicted molar refractivity (Wildman–Crippen MR) is 102 cm³/mol. The van der Waals surface area contributed by atoms with Crippen LogP contribution in [-0.4, -0.2) is 19.6 Å². The van der Waals surface area contributed by atoms with E-state index in [1.54, 1.807) is 0 Å². The van der Waals surface area contributed by atoms with Crippen LogP contribution in [0, 0.1) is 21.7 Å². The SMILES string of the molecule is CS(=O)(=O)c1ccc(-c2cc(N)c([N+](=O)[O-])cc2Oc2ccc(F)cc2F)cc1. The molecule has 0 atom stereocenters. The second kappa shape index (κ2) is 7.47. The Hall–Kier alpha value is -3.53. The van der Waals surface area contributed by atoms with E-state index in [9.17, 15) is 27.3 Å². The smallest absolute Gasteiger partial charge is 0.295 e. The van der Waals surface area contributed by atoms with Crippen molar-refractivity contribution in [2.45, 2.75) is 4.90 Å². The lowest BCUT2D eigenvalue weighted by Gasteiger charge is -2.13. The van der Waals surface area contributed by atoms with Crippen LogP contribution in [-0.2, 0) is 9.84 Å². The van der Waals surface area contributed by atoms with Gasteiger partial charge in [0.15, 0.2) is 21.4 Å². The fraction of sp³-hybridized carbons (Fsp3) is 0.0526. The lowest BCUT2D eigenvalue weighted by molar-refractivity contribution is -0.383. The number of hydrogen-bond acceptors (Lipinski definition) is 6. The fourth-order valence-electron chi connectivity index (χ4n) is 2.61. The average Bonchev–Trinajstić information content (AvgIpc) is 2.64. The standard InChI is InChI=1S/C19H14F2N2O5S/c1-29(26,27)13-5-2-11(3-6-13)14-9-16(22)17(23(24)25)10-19(14)28-18-7-4-12(20)8-15(18)21/h2-10H,22H2,1H3. The summed E-state index contributed by atoms with van der Waals surface area (Å²) in [6.45, 7) is 0. The summed E-state index contributed by atoms with van der Waals surface area (Å²) in [5.41, 5.74) is 5.82. The van der Waals surface area contributed by atoms with Crippen LogP contribution in [0.2, 0.25) is 0 Å².